The Morgan fingerprint density at radius 2 is 2.00 bits per heavy atom. The van der Waals surface area contributed by atoms with E-state index in [2.05, 4.69) is 10.2 Å². The Labute approximate surface area is 168 Å². The fraction of sp³-hybridized carbons (Fsp3) is 0.714. The number of piperidine rings is 2. The summed E-state index contributed by atoms with van der Waals surface area (Å²) >= 11 is 0. The second-order valence-corrected chi connectivity index (χ2v) is 8.09. The molecule has 3 heterocycles. The first-order chi connectivity index (χ1) is 13.6. The summed E-state index contributed by atoms with van der Waals surface area (Å²) in [5.41, 5.74) is 1.08. The van der Waals surface area contributed by atoms with Crippen molar-refractivity contribution in [3.05, 3.63) is 24.0 Å². The second kappa shape index (κ2) is 10.1. The molecule has 0 radical (unpaired) electrons. The number of hydrogen-bond donors (Lipinski definition) is 1. The molecule has 1 unspecified atom stereocenters. The lowest BCUT2D eigenvalue weighted by Gasteiger charge is -2.42. The Kier molecular flexibility index (Phi) is 7.50. The van der Waals surface area contributed by atoms with Crippen LogP contribution in [0.1, 0.15) is 31.2 Å². The van der Waals surface area contributed by atoms with E-state index in [1.165, 1.54) is 0 Å². The monoisotopic (exact) mass is 390 g/mol. The number of carbonyl (C=O) groups excluding carboxylic acids is 2. The van der Waals surface area contributed by atoms with E-state index in [1.807, 2.05) is 35.0 Å². The van der Waals surface area contributed by atoms with E-state index in [-0.39, 0.29) is 17.7 Å². The fourth-order valence-corrected chi connectivity index (χ4v) is 4.41. The number of aromatic nitrogens is 1. The van der Waals surface area contributed by atoms with Crippen LogP contribution in [0.3, 0.4) is 0 Å². The minimum absolute atomic E-state index is 0.0725. The molecule has 28 heavy (non-hydrogen) atoms. The smallest absolute Gasteiger partial charge is 0.227 e. The molecule has 7 nitrogen and oxygen atoms in total. The highest BCUT2D eigenvalue weighted by atomic mass is 16.5. The molecular formula is C21H34N4O3. The van der Waals surface area contributed by atoms with E-state index < -0.39 is 0 Å². The molecule has 2 saturated heterocycles. The van der Waals surface area contributed by atoms with Crippen LogP contribution in [-0.4, -0.2) is 78.7 Å². The summed E-state index contributed by atoms with van der Waals surface area (Å²) in [6, 6.07) is 2.49. The minimum Gasteiger partial charge on any atom is -0.383 e. The van der Waals surface area contributed by atoms with Gasteiger partial charge in [0.1, 0.15) is 0 Å². The highest BCUT2D eigenvalue weighted by Crippen LogP contribution is 2.24. The van der Waals surface area contributed by atoms with Gasteiger partial charge in [-0.2, -0.15) is 0 Å². The summed E-state index contributed by atoms with van der Waals surface area (Å²) in [5.74, 6) is 0.444. The van der Waals surface area contributed by atoms with Crippen molar-refractivity contribution in [2.45, 2.75) is 38.1 Å². The number of rotatable bonds is 7. The van der Waals surface area contributed by atoms with Crippen molar-refractivity contribution in [2.75, 3.05) is 46.4 Å². The largest absolute Gasteiger partial charge is 0.383 e. The lowest BCUT2D eigenvalue weighted by Crippen LogP contribution is -2.51. The molecule has 3 rings (SSSR count). The van der Waals surface area contributed by atoms with Gasteiger partial charge >= 0.3 is 0 Å². The van der Waals surface area contributed by atoms with Crippen molar-refractivity contribution in [3.63, 3.8) is 0 Å². The third-order valence-corrected chi connectivity index (χ3v) is 6.01. The van der Waals surface area contributed by atoms with E-state index in [4.69, 9.17) is 4.74 Å². The van der Waals surface area contributed by atoms with Crippen LogP contribution < -0.4 is 5.32 Å². The SMILES string of the molecule is COCCNC(=O)C1CCCN(C2CCN(C(=O)Cc3ccn(C)c3)CC2)C1. The topological polar surface area (TPSA) is 66.8 Å². The van der Waals surface area contributed by atoms with E-state index in [0.29, 0.717) is 25.6 Å². The Morgan fingerprint density at radius 1 is 1.21 bits per heavy atom. The van der Waals surface area contributed by atoms with Crippen LogP contribution in [0.25, 0.3) is 0 Å². The number of hydrogen-bond acceptors (Lipinski definition) is 4. The Bertz CT molecular complexity index is 652. The average molecular weight is 391 g/mol. The first-order valence-electron chi connectivity index (χ1n) is 10.5. The molecule has 2 amide bonds. The second-order valence-electron chi connectivity index (χ2n) is 8.09. The van der Waals surface area contributed by atoms with Gasteiger partial charge in [0, 0.05) is 58.8 Å². The number of nitrogens with zero attached hydrogens (tertiary/aromatic N) is 3. The van der Waals surface area contributed by atoms with Crippen molar-refractivity contribution in [1.29, 1.82) is 0 Å². The zero-order valence-corrected chi connectivity index (χ0v) is 17.2. The van der Waals surface area contributed by atoms with Gasteiger partial charge in [0.2, 0.25) is 11.8 Å². The van der Waals surface area contributed by atoms with Crippen molar-refractivity contribution in [3.8, 4) is 0 Å². The molecule has 7 heteroatoms. The fourth-order valence-electron chi connectivity index (χ4n) is 4.41. The summed E-state index contributed by atoms with van der Waals surface area (Å²) in [4.78, 5) is 29.4. The zero-order valence-electron chi connectivity index (χ0n) is 17.2. The number of nitrogens with one attached hydrogen (secondary N) is 1. The van der Waals surface area contributed by atoms with Gasteiger partial charge in [-0.25, -0.2) is 0 Å². The number of carbonyl (C=O) groups is 2. The lowest BCUT2D eigenvalue weighted by molar-refractivity contribution is -0.132. The lowest BCUT2D eigenvalue weighted by atomic mass is 9.93. The molecule has 0 aliphatic carbocycles. The van der Waals surface area contributed by atoms with Crippen molar-refractivity contribution in [2.24, 2.45) is 13.0 Å². The van der Waals surface area contributed by atoms with Crippen LogP contribution >= 0.6 is 0 Å². The highest BCUT2D eigenvalue weighted by molar-refractivity contribution is 5.79. The number of methoxy groups -OCH3 is 1. The molecular weight excluding hydrogens is 356 g/mol. The third kappa shape index (κ3) is 5.58. The molecule has 156 valence electrons. The van der Waals surface area contributed by atoms with Gasteiger partial charge in [0.25, 0.3) is 0 Å². The maximum absolute atomic E-state index is 12.6. The zero-order chi connectivity index (χ0) is 19.9. The van der Waals surface area contributed by atoms with Crippen LogP contribution in [0.5, 0.6) is 0 Å². The van der Waals surface area contributed by atoms with E-state index in [1.54, 1.807) is 7.11 Å². The molecule has 1 atom stereocenters. The van der Waals surface area contributed by atoms with Crippen LogP contribution in [0.15, 0.2) is 18.5 Å². The van der Waals surface area contributed by atoms with Gasteiger partial charge in [-0.3, -0.25) is 14.5 Å². The molecule has 2 fully saturated rings. The minimum atomic E-state index is 0.0725. The van der Waals surface area contributed by atoms with Crippen LogP contribution in [0.2, 0.25) is 0 Å². The summed E-state index contributed by atoms with van der Waals surface area (Å²) < 4.78 is 6.98. The molecule has 0 bridgehead atoms. The van der Waals surface area contributed by atoms with Gasteiger partial charge in [-0.1, -0.05) is 0 Å². The summed E-state index contributed by atoms with van der Waals surface area (Å²) in [5, 5.41) is 2.98. The average Bonchev–Trinajstić information content (AvgIpc) is 3.13. The number of amides is 2. The quantitative estimate of drug-likeness (QED) is 0.707. The van der Waals surface area contributed by atoms with Gasteiger partial charge in [0.05, 0.1) is 18.9 Å². The van der Waals surface area contributed by atoms with E-state index in [9.17, 15) is 9.59 Å². The van der Waals surface area contributed by atoms with Gasteiger partial charge in [-0.15, -0.1) is 0 Å². The maximum atomic E-state index is 12.6. The summed E-state index contributed by atoms with van der Waals surface area (Å²) in [7, 11) is 3.62. The van der Waals surface area contributed by atoms with Crippen molar-refractivity contribution in [1.82, 2.24) is 19.7 Å². The van der Waals surface area contributed by atoms with E-state index in [0.717, 1.165) is 57.4 Å². The number of ether oxygens (including phenoxy) is 1. The Morgan fingerprint density at radius 3 is 2.68 bits per heavy atom. The van der Waals surface area contributed by atoms with Crippen molar-refractivity contribution >= 4 is 11.8 Å². The first kappa shape index (κ1) is 20.9. The van der Waals surface area contributed by atoms with E-state index >= 15 is 0 Å². The van der Waals surface area contributed by atoms with Gasteiger partial charge < -0.3 is 19.5 Å². The molecule has 1 N–H and O–H groups in total. The van der Waals surface area contributed by atoms with Crippen LogP contribution in [0, 0.1) is 5.92 Å². The highest BCUT2D eigenvalue weighted by Gasteiger charge is 2.32. The third-order valence-electron chi connectivity index (χ3n) is 6.01. The Hall–Kier alpha value is -1.86. The number of aryl methyl sites for hydroxylation is 1. The summed E-state index contributed by atoms with van der Waals surface area (Å²) in [6.07, 6.45) is 8.50. The maximum Gasteiger partial charge on any atom is 0.227 e. The normalized spacial score (nSPS) is 21.6. The first-order valence-corrected chi connectivity index (χ1v) is 10.5. The van der Waals surface area contributed by atoms with Crippen LogP contribution in [0.4, 0.5) is 0 Å². The predicted molar refractivity (Wildman–Crippen MR) is 108 cm³/mol. The molecule has 2 aliphatic heterocycles. The van der Waals surface area contributed by atoms with Crippen molar-refractivity contribution < 1.29 is 14.3 Å². The molecule has 2 aliphatic rings. The number of likely N-dealkylation sites (tertiary alicyclic amines) is 2. The van der Waals surface area contributed by atoms with Crippen LogP contribution in [-0.2, 0) is 27.8 Å². The Balaban J connectivity index is 1.43. The summed E-state index contributed by atoms with van der Waals surface area (Å²) in [6.45, 7) is 4.66. The molecule has 0 saturated carbocycles. The predicted octanol–water partition coefficient (Wildman–Crippen LogP) is 1.03. The van der Waals surface area contributed by atoms with Gasteiger partial charge in [-0.05, 0) is 43.9 Å². The van der Waals surface area contributed by atoms with Gasteiger partial charge in [0.15, 0.2) is 0 Å². The molecule has 0 spiro atoms. The molecule has 0 aromatic carbocycles. The molecule has 1 aromatic heterocycles. The molecule has 1 aromatic rings. The standard InChI is InChI=1S/C21H34N4O3/c1-23-10-5-17(15-23)14-20(26)24-11-6-19(7-12-24)25-9-3-4-18(16-25)21(27)22-8-13-28-2/h5,10,15,18-19H,3-4,6-9,11-14,16H2,1-2H3,(H,22,27).